The van der Waals surface area contributed by atoms with Crippen LogP contribution in [0, 0.1) is 11.8 Å². The van der Waals surface area contributed by atoms with E-state index in [0.717, 1.165) is 50.4 Å². The van der Waals surface area contributed by atoms with E-state index in [9.17, 15) is 9.90 Å². The van der Waals surface area contributed by atoms with Gasteiger partial charge in [-0.25, -0.2) is 4.99 Å². The van der Waals surface area contributed by atoms with E-state index in [1.54, 1.807) is 0 Å². The summed E-state index contributed by atoms with van der Waals surface area (Å²) < 4.78 is 0. The standard InChI is InChI=1S/C23H38N4O2.HI/c1-4-24-23(26-16-21(11-13-28)14-18(2)3)25-15-19-7-9-20(10-8-19)17-27-12-5-6-22(27)29;/h7-10,18,21,28H,4-6,11-17H2,1-3H3,(H2,24,25,26);1H. The first-order valence-corrected chi connectivity index (χ1v) is 11.0. The van der Waals surface area contributed by atoms with Crippen LogP contribution in [0.1, 0.15) is 57.6 Å². The predicted molar refractivity (Wildman–Crippen MR) is 134 cm³/mol. The van der Waals surface area contributed by atoms with Gasteiger partial charge in [-0.1, -0.05) is 38.1 Å². The molecule has 0 bridgehead atoms. The molecular formula is C23H39IN4O2. The van der Waals surface area contributed by atoms with Gasteiger partial charge in [0.05, 0.1) is 6.54 Å². The fourth-order valence-electron chi connectivity index (χ4n) is 3.75. The lowest BCUT2D eigenvalue weighted by molar-refractivity contribution is -0.128. The number of amides is 1. The Morgan fingerprint density at radius 2 is 1.90 bits per heavy atom. The Labute approximate surface area is 198 Å². The summed E-state index contributed by atoms with van der Waals surface area (Å²) in [6.07, 6.45) is 3.56. The quantitative estimate of drug-likeness (QED) is 0.233. The molecule has 1 aliphatic heterocycles. The summed E-state index contributed by atoms with van der Waals surface area (Å²) in [5.41, 5.74) is 2.31. The molecular weight excluding hydrogens is 491 g/mol. The van der Waals surface area contributed by atoms with E-state index in [-0.39, 0.29) is 36.5 Å². The van der Waals surface area contributed by atoms with Gasteiger partial charge in [-0.05, 0) is 49.1 Å². The Kier molecular flexibility index (Phi) is 13.0. The van der Waals surface area contributed by atoms with Crippen molar-refractivity contribution in [1.82, 2.24) is 15.5 Å². The van der Waals surface area contributed by atoms with E-state index in [4.69, 9.17) is 4.99 Å². The van der Waals surface area contributed by atoms with Crippen molar-refractivity contribution >= 4 is 35.8 Å². The Balaban J connectivity index is 0.00000450. The summed E-state index contributed by atoms with van der Waals surface area (Å²) in [5, 5.41) is 16.0. The van der Waals surface area contributed by atoms with Crippen molar-refractivity contribution < 1.29 is 9.90 Å². The van der Waals surface area contributed by atoms with Crippen molar-refractivity contribution in [2.24, 2.45) is 16.8 Å². The maximum atomic E-state index is 11.8. The van der Waals surface area contributed by atoms with Crippen molar-refractivity contribution in [3.63, 3.8) is 0 Å². The molecule has 1 saturated heterocycles. The van der Waals surface area contributed by atoms with Crippen LogP contribution in [-0.4, -0.2) is 48.1 Å². The van der Waals surface area contributed by atoms with Crippen LogP contribution in [0.2, 0.25) is 0 Å². The summed E-state index contributed by atoms with van der Waals surface area (Å²) in [6, 6.07) is 8.37. The average molecular weight is 530 g/mol. The van der Waals surface area contributed by atoms with Crippen molar-refractivity contribution in [2.45, 2.75) is 59.5 Å². The van der Waals surface area contributed by atoms with Gasteiger partial charge in [0.15, 0.2) is 5.96 Å². The summed E-state index contributed by atoms with van der Waals surface area (Å²) in [7, 11) is 0. The number of aliphatic hydroxyl groups is 1. The fraction of sp³-hybridized carbons (Fsp3) is 0.652. The van der Waals surface area contributed by atoms with E-state index in [2.05, 4.69) is 55.7 Å². The van der Waals surface area contributed by atoms with Crippen LogP contribution in [0.25, 0.3) is 0 Å². The number of guanidine groups is 1. The minimum absolute atomic E-state index is 0. The minimum atomic E-state index is 0. The molecule has 0 aliphatic carbocycles. The zero-order valence-electron chi connectivity index (χ0n) is 18.7. The van der Waals surface area contributed by atoms with Crippen LogP contribution in [0.3, 0.4) is 0 Å². The van der Waals surface area contributed by atoms with E-state index in [1.807, 2.05) is 4.90 Å². The largest absolute Gasteiger partial charge is 0.396 e. The van der Waals surface area contributed by atoms with Crippen LogP contribution < -0.4 is 10.6 Å². The van der Waals surface area contributed by atoms with Crippen LogP contribution >= 0.6 is 24.0 Å². The summed E-state index contributed by atoms with van der Waals surface area (Å²) in [4.78, 5) is 18.4. The molecule has 0 aromatic heterocycles. The molecule has 1 atom stereocenters. The molecule has 1 unspecified atom stereocenters. The summed E-state index contributed by atoms with van der Waals surface area (Å²) >= 11 is 0. The highest BCUT2D eigenvalue weighted by Crippen LogP contribution is 2.16. The van der Waals surface area contributed by atoms with E-state index in [0.29, 0.717) is 31.3 Å². The van der Waals surface area contributed by atoms with Crippen molar-refractivity contribution in [2.75, 3.05) is 26.2 Å². The predicted octanol–water partition coefficient (Wildman–Crippen LogP) is 3.53. The van der Waals surface area contributed by atoms with E-state index in [1.165, 1.54) is 5.56 Å². The van der Waals surface area contributed by atoms with Crippen molar-refractivity contribution in [3.8, 4) is 0 Å². The number of carbonyl (C=O) groups excluding carboxylic acids is 1. The summed E-state index contributed by atoms with van der Waals surface area (Å²) in [5.74, 6) is 2.13. The molecule has 6 nitrogen and oxygen atoms in total. The number of nitrogens with zero attached hydrogens (tertiary/aromatic N) is 2. The lowest BCUT2D eigenvalue weighted by Crippen LogP contribution is -2.40. The molecule has 30 heavy (non-hydrogen) atoms. The first kappa shape index (κ1) is 26.7. The summed E-state index contributed by atoms with van der Waals surface area (Å²) in [6.45, 7) is 10.5. The molecule has 1 heterocycles. The maximum Gasteiger partial charge on any atom is 0.222 e. The zero-order valence-corrected chi connectivity index (χ0v) is 21.0. The normalized spacial score (nSPS) is 15.3. The van der Waals surface area contributed by atoms with Crippen LogP contribution in [0.15, 0.2) is 29.3 Å². The van der Waals surface area contributed by atoms with Gasteiger partial charge in [0.25, 0.3) is 0 Å². The molecule has 3 N–H and O–H groups in total. The van der Waals surface area contributed by atoms with Gasteiger partial charge >= 0.3 is 0 Å². The maximum absolute atomic E-state index is 11.8. The molecule has 0 saturated carbocycles. The van der Waals surface area contributed by atoms with E-state index >= 15 is 0 Å². The second-order valence-corrected chi connectivity index (χ2v) is 8.32. The van der Waals surface area contributed by atoms with Gasteiger partial charge in [-0.2, -0.15) is 0 Å². The van der Waals surface area contributed by atoms with Crippen LogP contribution in [-0.2, 0) is 17.9 Å². The average Bonchev–Trinajstić information content (AvgIpc) is 3.09. The van der Waals surface area contributed by atoms with Crippen LogP contribution in [0.5, 0.6) is 0 Å². The molecule has 1 aliphatic rings. The third-order valence-electron chi connectivity index (χ3n) is 5.23. The Morgan fingerprint density at radius 1 is 1.20 bits per heavy atom. The lowest BCUT2D eigenvalue weighted by atomic mass is 9.94. The van der Waals surface area contributed by atoms with Crippen LogP contribution in [0.4, 0.5) is 0 Å². The van der Waals surface area contributed by atoms with Crippen molar-refractivity contribution in [1.29, 1.82) is 0 Å². The van der Waals surface area contributed by atoms with Crippen molar-refractivity contribution in [3.05, 3.63) is 35.4 Å². The Morgan fingerprint density at radius 3 is 2.47 bits per heavy atom. The highest BCUT2D eigenvalue weighted by atomic mass is 127. The third kappa shape index (κ3) is 9.64. The number of rotatable bonds is 11. The molecule has 1 aromatic carbocycles. The first-order valence-electron chi connectivity index (χ1n) is 11.0. The molecule has 1 fully saturated rings. The number of halogens is 1. The SMILES string of the molecule is CCNC(=NCc1ccc(CN2CCCC2=O)cc1)NCC(CCO)CC(C)C.I. The van der Waals surface area contributed by atoms with Gasteiger partial charge in [-0.15, -0.1) is 24.0 Å². The zero-order chi connectivity index (χ0) is 21.1. The second kappa shape index (κ2) is 14.6. The molecule has 7 heteroatoms. The molecule has 170 valence electrons. The third-order valence-corrected chi connectivity index (χ3v) is 5.23. The number of carbonyl (C=O) groups is 1. The highest BCUT2D eigenvalue weighted by Gasteiger charge is 2.19. The second-order valence-electron chi connectivity index (χ2n) is 8.32. The monoisotopic (exact) mass is 530 g/mol. The number of likely N-dealkylation sites (tertiary alicyclic amines) is 1. The number of hydrogen-bond donors (Lipinski definition) is 3. The number of benzene rings is 1. The highest BCUT2D eigenvalue weighted by molar-refractivity contribution is 14.0. The number of nitrogens with one attached hydrogen (secondary N) is 2. The topological polar surface area (TPSA) is 77.0 Å². The van der Waals surface area contributed by atoms with Gasteiger partial charge in [0.2, 0.25) is 5.91 Å². The fourth-order valence-corrected chi connectivity index (χ4v) is 3.75. The number of aliphatic imine (C=N–C) groups is 1. The first-order chi connectivity index (χ1) is 14.0. The molecule has 1 aromatic rings. The molecule has 1 amide bonds. The molecule has 2 rings (SSSR count). The number of aliphatic hydroxyl groups excluding tert-OH is 1. The van der Waals surface area contributed by atoms with Gasteiger partial charge in [-0.3, -0.25) is 4.79 Å². The van der Waals surface area contributed by atoms with Gasteiger partial charge in [0, 0.05) is 39.2 Å². The lowest BCUT2D eigenvalue weighted by Gasteiger charge is -2.20. The van der Waals surface area contributed by atoms with Gasteiger partial charge < -0.3 is 20.6 Å². The minimum Gasteiger partial charge on any atom is -0.396 e. The Bertz CT molecular complexity index is 649. The molecule has 0 spiro atoms. The van der Waals surface area contributed by atoms with Gasteiger partial charge in [0.1, 0.15) is 0 Å². The number of hydrogen-bond acceptors (Lipinski definition) is 3. The Hall–Kier alpha value is -1.35. The smallest absolute Gasteiger partial charge is 0.222 e. The molecule has 0 radical (unpaired) electrons. The van der Waals surface area contributed by atoms with E-state index < -0.39 is 0 Å².